The van der Waals surface area contributed by atoms with Crippen molar-refractivity contribution in [1.82, 2.24) is 10.2 Å². The molecule has 0 unspecified atom stereocenters. The number of fused-ring (bicyclic) bond motifs is 1. The fourth-order valence-corrected chi connectivity index (χ4v) is 3.02. The van der Waals surface area contributed by atoms with Crippen LogP contribution in [0.15, 0.2) is 48.5 Å². The predicted molar refractivity (Wildman–Crippen MR) is 96.1 cm³/mol. The van der Waals surface area contributed by atoms with E-state index in [1.165, 1.54) is 18.2 Å². The van der Waals surface area contributed by atoms with Gasteiger partial charge in [-0.3, -0.25) is 29.4 Å². The first-order valence-corrected chi connectivity index (χ1v) is 8.38. The molecule has 0 aliphatic carbocycles. The Bertz CT molecular complexity index is 926. The molecule has 1 aliphatic rings. The quantitative estimate of drug-likeness (QED) is 0.479. The maximum absolute atomic E-state index is 12.5. The van der Waals surface area contributed by atoms with Crippen LogP contribution in [0.2, 0.25) is 0 Å². The van der Waals surface area contributed by atoms with Crippen LogP contribution >= 0.6 is 0 Å². The van der Waals surface area contributed by atoms with Gasteiger partial charge >= 0.3 is 0 Å². The lowest BCUT2D eigenvalue weighted by Crippen LogP contribution is -2.35. The van der Waals surface area contributed by atoms with E-state index in [9.17, 15) is 24.5 Å². The molecule has 27 heavy (non-hydrogen) atoms. The minimum atomic E-state index is -0.744. The molecule has 2 aromatic rings. The molecule has 3 rings (SSSR count). The van der Waals surface area contributed by atoms with Crippen LogP contribution in [0.4, 0.5) is 5.69 Å². The number of hydrogen-bond donors (Lipinski definition) is 1. The predicted octanol–water partition coefficient (Wildman–Crippen LogP) is 2.46. The standard InChI is InChI=1S/C19H17N3O5/c1-12(13-6-3-2-4-7-13)20-16(23)10-11-21-18(24)14-8-5-9-15(22(26)27)17(14)19(21)25/h2-9,12H,10-11H2,1H3,(H,20,23)/t12-/m0/s1. The van der Waals surface area contributed by atoms with Crippen molar-refractivity contribution in [1.29, 1.82) is 0 Å². The molecule has 0 saturated carbocycles. The molecule has 0 aromatic heterocycles. The first-order chi connectivity index (χ1) is 12.9. The molecule has 1 heterocycles. The molecule has 1 N–H and O–H groups in total. The molecule has 0 fully saturated rings. The van der Waals surface area contributed by atoms with Crippen molar-refractivity contribution in [3.8, 4) is 0 Å². The average molecular weight is 367 g/mol. The van der Waals surface area contributed by atoms with Crippen molar-refractivity contribution < 1.29 is 19.3 Å². The normalized spacial score (nSPS) is 14.0. The number of benzene rings is 2. The van der Waals surface area contributed by atoms with E-state index in [-0.39, 0.29) is 36.0 Å². The number of imide groups is 1. The third-order valence-electron chi connectivity index (χ3n) is 4.41. The van der Waals surface area contributed by atoms with E-state index in [1.807, 2.05) is 37.3 Å². The van der Waals surface area contributed by atoms with E-state index < -0.39 is 22.4 Å². The molecule has 0 radical (unpaired) electrons. The first-order valence-electron chi connectivity index (χ1n) is 8.38. The Balaban J connectivity index is 1.66. The summed E-state index contributed by atoms with van der Waals surface area (Å²) in [5.74, 6) is -1.69. The molecule has 1 atom stereocenters. The summed E-state index contributed by atoms with van der Waals surface area (Å²) in [4.78, 5) is 48.3. The van der Waals surface area contributed by atoms with Gasteiger partial charge in [0.1, 0.15) is 5.56 Å². The maximum atomic E-state index is 12.5. The van der Waals surface area contributed by atoms with Crippen molar-refractivity contribution in [3.05, 3.63) is 75.3 Å². The number of carbonyl (C=O) groups excluding carboxylic acids is 3. The summed E-state index contributed by atoms with van der Waals surface area (Å²) in [6, 6.07) is 13.1. The molecule has 0 bridgehead atoms. The highest BCUT2D eigenvalue weighted by molar-refractivity contribution is 6.23. The second kappa shape index (κ2) is 7.36. The zero-order chi connectivity index (χ0) is 19.6. The summed E-state index contributed by atoms with van der Waals surface area (Å²) in [6.45, 7) is 1.69. The number of nitro benzene ring substituents is 1. The molecular formula is C19H17N3O5. The van der Waals surface area contributed by atoms with Crippen molar-refractivity contribution in [2.45, 2.75) is 19.4 Å². The van der Waals surface area contributed by atoms with Gasteiger partial charge in [0.2, 0.25) is 5.91 Å². The molecule has 1 aliphatic heterocycles. The zero-order valence-electron chi connectivity index (χ0n) is 14.5. The minimum absolute atomic E-state index is 0.00717. The molecule has 138 valence electrons. The Morgan fingerprint density at radius 3 is 2.48 bits per heavy atom. The van der Waals surface area contributed by atoms with Crippen LogP contribution in [-0.4, -0.2) is 34.1 Å². The third kappa shape index (κ3) is 3.55. The second-order valence-electron chi connectivity index (χ2n) is 6.17. The summed E-state index contributed by atoms with van der Waals surface area (Å²) in [6.07, 6.45) is -0.0869. The summed E-state index contributed by atoms with van der Waals surface area (Å²) in [5, 5.41) is 13.9. The van der Waals surface area contributed by atoms with Crippen molar-refractivity contribution in [3.63, 3.8) is 0 Å². The molecule has 0 spiro atoms. The smallest absolute Gasteiger partial charge is 0.282 e. The third-order valence-corrected chi connectivity index (χ3v) is 4.41. The van der Waals surface area contributed by atoms with Crippen molar-refractivity contribution in [2.24, 2.45) is 0 Å². The van der Waals surface area contributed by atoms with Crippen molar-refractivity contribution in [2.75, 3.05) is 6.54 Å². The second-order valence-corrected chi connectivity index (χ2v) is 6.17. The number of nitro groups is 1. The van der Waals surface area contributed by atoms with Gasteiger partial charge in [-0.25, -0.2) is 0 Å². The largest absolute Gasteiger partial charge is 0.350 e. The SMILES string of the molecule is C[C@H](NC(=O)CCN1C(=O)c2cccc([N+](=O)[O-])c2C1=O)c1ccccc1. The number of carbonyl (C=O) groups is 3. The molecule has 3 amide bonds. The summed E-state index contributed by atoms with van der Waals surface area (Å²) < 4.78 is 0. The molecule has 8 heteroatoms. The van der Waals surface area contributed by atoms with E-state index in [2.05, 4.69) is 5.32 Å². The van der Waals surface area contributed by atoms with E-state index in [1.54, 1.807) is 0 Å². The van der Waals surface area contributed by atoms with E-state index in [0.29, 0.717) is 0 Å². The highest BCUT2D eigenvalue weighted by Gasteiger charge is 2.40. The van der Waals surface area contributed by atoms with Gasteiger partial charge in [-0.15, -0.1) is 0 Å². The highest BCUT2D eigenvalue weighted by Crippen LogP contribution is 2.30. The Morgan fingerprint density at radius 2 is 1.81 bits per heavy atom. The Morgan fingerprint density at radius 1 is 1.11 bits per heavy atom. The van der Waals surface area contributed by atoms with Gasteiger partial charge in [-0.2, -0.15) is 0 Å². The van der Waals surface area contributed by atoms with E-state index in [0.717, 1.165) is 10.5 Å². The highest BCUT2D eigenvalue weighted by atomic mass is 16.6. The summed E-state index contributed by atoms with van der Waals surface area (Å²) >= 11 is 0. The zero-order valence-corrected chi connectivity index (χ0v) is 14.5. The van der Waals surface area contributed by atoms with Crippen LogP contribution < -0.4 is 5.32 Å². The van der Waals surface area contributed by atoms with Gasteiger partial charge in [0.15, 0.2) is 0 Å². The van der Waals surface area contributed by atoms with Gasteiger partial charge in [-0.1, -0.05) is 36.4 Å². The van der Waals surface area contributed by atoms with E-state index in [4.69, 9.17) is 0 Å². The Hall–Kier alpha value is -3.55. The number of nitrogens with zero attached hydrogens (tertiary/aromatic N) is 2. The molecular weight excluding hydrogens is 350 g/mol. The van der Waals surface area contributed by atoms with Gasteiger partial charge < -0.3 is 5.32 Å². The number of amides is 3. The topological polar surface area (TPSA) is 110 Å². The van der Waals surface area contributed by atoms with Crippen LogP contribution in [0.25, 0.3) is 0 Å². The maximum Gasteiger partial charge on any atom is 0.282 e. The van der Waals surface area contributed by atoms with Gasteiger partial charge in [0.05, 0.1) is 16.5 Å². The first kappa shape index (κ1) is 18.2. The molecule has 2 aromatic carbocycles. The average Bonchev–Trinajstić information content (AvgIpc) is 2.91. The van der Waals surface area contributed by atoms with Gasteiger partial charge in [-0.05, 0) is 18.6 Å². The van der Waals surface area contributed by atoms with Crippen LogP contribution in [0.3, 0.4) is 0 Å². The Labute approximate surface area is 154 Å². The Kier molecular flexibility index (Phi) is 4.98. The number of nitrogens with one attached hydrogen (secondary N) is 1. The fourth-order valence-electron chi connectivity index (χ4n) is 3.02. The van der Waals surface area contributed by atoms with E-state index >= 15 is 0 Å². The van der Waals surface area contributed by atoms with Crippen LogP contribution in [-0.2, 0) is 4.79 Å². The monoisotopic (exact) mass is 367 g/mol. The van der Waals surface area contributed by atoms with Gasteiger partial charge in [0.25, 0.3) is 17.5 Å². The molecule has 8 nitrogen and oxygen atoms in total. The van der Waals surface area contributed by atoms with Crippen molar-refractivity contribution >= 4 is 23.4 Å². The molecule has 0 saturated heterocycles. The lowest BCUT2D eigenvalue weighted by molar-refractivity contribution is -0.385. The number of hydrogen-bond acceptors (Lipinski definition) is 5. The summed E-state index contributed by atoms with van der Waals surface area (Å²) in [5.41, 5.74) is 0.301. The lowest BCUT2D eigenvalue weighted by Gasteiger charge is -2.16. The van der Waals surface area contributed by atoms with Crippen LogP contribution in [0, 0.1) is 10.1 Å². The van der Waals surface area contributed by atoms with Crippen LogP contribution in [0.1, 0.15) is 45.7 Å². The minimum Gasteiger partial charge on any atom is -0.350 e. The lowest BCUT2D eigenvalue weighted by atomic mass is 10.1. The summed E-state index contributed by atoms with van der Waals surface area (Å²) in [7, 11) is 0. The van der Waals surface area contributed by atoms with Gasteiger partial charge in [0, 0.05) is 19.0 Å². The van der Waals surface area contributed by atoms with Crippen LogP contribution in [0.5, 0.6) is 0 Å². The number of rotatable bonds is 6. The fraction of sp³-hybridized carbons (Fsp3) is 0.211.